The van der Waals surface area contributed by atoms with Crippen molar-refractivity contribution in [3.05, 3.63) is 29.0 Å². The number of anilines is 3. The minimum absolute atomic E-state index is 0.0228. The van der Waals surface area contributed by atoms with E-state index in [2.05, 4.69) is 39.7 Å². The van der Waals surface area contributed by atoms with Crippen molar-refractivity contribution in [2.75, 3.05) is 61.3 Å². The van der Waals surface area contributed by atoms with E-state index in [-0.39, 0.29) is 12.4 Å². The molecule has 4 aromatic heterocycles. The molecule has 1 atom stereocenters. The molecule has 13 nitrogen and oxygen atoms in total. The maximum absolute atomic E-state index is 11.1. The van der Waals surface area contributed by atoms with Crippen LogP contribution in [0, 0.1) is 12.8 Å². The molecule has 0 saturated carbocycles. The number of carboxylic acids is 1. The maximum Gasteiger partial charge on any atom is 0.309 e. The molecule has 0 amide bonds. The van der Waals surface area contributed by atoms with Gasteiger partial charge in [-0.25, -0.2) is 4.98 Å². The lowest BCUT2D eigenvalue weighted by Gasteiger charge is -2.39. The molecule has 2 saturated heterocycles. The van der Waals surface area contributed by atoms with Crippen molar-refractivity contribution in [1.29, 1.82) is 0 Å². The number of rotatable bonds is 7. The molecule has 0 radical (unpaired) electrons. The molecule has 0 aliphatic carbocycles. The molecule has 38 heavy (non-hydrogen) atoms. The summed E-state index contributed by atoms with van der Waals surface area (Å²) in [5.74, 6) is 1.87. The van der Waals surface area contributed by atoms with Crippen LogP contribution in [0.3, 0.4) is 0 Å². The first-order valence-corrected chi connectivity index (χ1v) is 13.6. The highest BCUT2D eigenvalue weighted by atomic mass is 32.1. The quantitative estimate of drug-likeness (QED) is 0.352. The summed E-state index contributed by atoms with van der Waals surface area (Å²) in [5.41, 5.74) is 6.89. The smallest absolute Gasteiger partial charge is 0.309 e. The average molecular weight is 539 g/mol. The van der Waals surface area contributed by atoms with Gasteiger partial charge >= 0.3 is 5.97 Å². The van der Waals surface area contributed by atoms with Crippen LogP contribution in [0.25, 0.3) is 17.4 Å². The first kappa shape index (κ1) is 24.6. The Bertz CT molecular complexity index is 1430. The van der Waals surface area contributed by atoms with Crippen LogP contribution in [0.5, 0.6) is 0 Å². The number of nitrogens with two attached hydrogens (primary N) is 1. The highest BCUT2D eigenvalue weighted by Gasteiger charge is 2.27. The highest BCUT2D eigenvalue weighted by molar-refractivity contribution is 7.15. The zero-order valence-corrected chi connectivity index (χ0v) is 22.0. The Morgan fingerprint density at radius 2 is 2.00 bits per heavy atom. The number of hydrogen-bond donors (Lipinski definition) is 2. The number of piperazine rings is 1. The Hall–Kier alpha value is -3.78. The molecule has 6 heterocycles. The molecule has 2 aliphatic heterocycles. The molecular formula is C24H30N10O3S. The number of thiazole rings is 1. The SMILES string of the molecule is Cc1sc(N2CCN(C[C@@H]3CCCN(c4nc(N)n5nc(-c6ccco6)nc5n4)C3)CC2)nc1CC(=O)O. The van der Waals surface area contributed by atoms with Gasteiger partial charge in [0.1, 0.15) is 0 Å². The van der Waals surface area contributed by atoms with Crippen LogP contribution in [0.1, 0.15) is 23.4 Å². The first-order chi connectivity index (χ1) is 18.4. The van der Waals surface area contributed by atoms with Gasteiger partial charge in [-0.15, -0.1) is 16.4 Å². The molecule has 6 rings (SSSR count). The summed E-state index contributed by atoms with van der Waals surface area (Å²) in [5, 5.41) is 14.4. The Balaban J connectivity index is 1.07. The van der Waals surface area contributed by atoms with Gasteiger partial charge < -0.3 is 25.1 Å². The molecule has 2 aliphatic rings. The van der Waals surface area contributed by atoms with E-state index in [1.165, 1.54) is 4.52 Å². The largest absolute Gasteiger partial charge is 0.481 e. The minimum Gasteiger partial charge on any atom is -0.481 e. The molecule has 0 unspecified atom stereocenters. The monoisotopic (exact) mass is 538 g/mol. The van der Waals surface area contributed by atoms with Crippen molar-refractivity contribution in [1.82, 2.24) is 34.4 Å². The Morgan fingerprint density at radius 1 is 1.16 bits per heavy atom. The molecule has 3 N–H and O–H groups in total. The number of aliphatic carboxylic acids is 1. The third-order valence-corrected chi connectivity index (χ3v) is 8.20. The van der Waals surface area contributed by atoms with Gasteiger partial charge in [-0.1, -0.05) is 0 Å². The summed E-state index contributed by atoms with van der Waals surface area (Å²) >= 11 is 1.59. The minimum atomic E-state index is -0.843. The summed E-state index contributed by atoms with van der Waals surface area (Å²) in [6, 6.07) is 3.58. The van der Waals surface area contributed by atoms with Gasteiger partial charge in [-0.05, 0) is 37.8 Å². The van der Waals surface area contributed by atoms with Crippen LogP contribution < -0.4 is 15.5 Å². The summed E-state index contributed by atoms with van der Waals surface area (Å²) < 4.78 is 6.85. The molecule has 4 aromatic rings. The molecule has 0 aromatic carbocycles. The van der Waals surface area contributed by atoms with E-state index in [1.54, 1.807) is 29.7 Å². The number of hydrogen-bond acceptors (Lipinski definition) is 12. The lowest BCUT2D eigenvalue weighted by Crippen LogP contribution is -2.49. The predicted molar refractivity (Wildman–Crippen MR) is 142 cm³/mol. The van der Waals surface area contributed by atoms with Gasteiger partial charge in [0, 0.05) is 50.7 Å². The van der Waals surface area contributed by atoms with Gasteiger partial charge in [0.15, 0.2) is 10.9 Å². The topological polar surface area (TPSA) is 155 Å². The normalized spacial score (nSPS) is 18.9. The summed E-state index contributed by atoms with van der Waals surface area (Å²) in [4.78, 5) is 37.3. The van der Waals surface area contributed by atoms with Crippen molar-refractivity contribution in [3.8, 4) is 11.6 Å². The number of nitrogen functional groups attached to an aromatic ring is 1. The van der Waals surface area contributed by atoms with E-state index in [0.717, 1.165) is 68.7 Å². The van der Waals surface area contributed by atoms with Crippen LogP contribution in [0.4, 0.5) is 17.0 Å². The van der Waals surface area contributed by atoms with Crippen LogP contribution in [0.2, 0.25) is 0 Å². The van der Waals surface area contributed by atoms with Crippen molar-refractivity contribution in [2.45, 2.75) is 26.2 Å². The number of carbonyl (C=O) groups is 1. The maximum atomic E-state index is 11.1. The van der Waals surface area contributed by atoms with Crippen LogP contribution in [-0.4, -0.2) is 91.3 Å². The fourth-order valence-corrected chi connectivity index (χ4v) is 6.16. The lowest BCUT2D eigenvalue weighted by molar-refractivity contribution is -0.136. The van der Waals surface area contributed by atoms with Gasteiger partial charge in [0.25, 0.3) is 5.78 Å². The zero-order chi connectivity index (χ0) is 26.2. The second kappa shape index (κ2) is 10.2. The van der Waals surface area contributed by atoms with Crippen LogP contribution in [-0.2, 0) is 11.2 Å². The third kappa shape index (κ3) is 5.00. The summed E-state index contributed by atoms with van der Waals surface area (Å²) in [6.07, 6.45) is 3.78. The highest BCUT2D eigenvalue weighted by Crippen LogP contribution is 2.28. The summed E-state index contributed by atoms with van der Waals surface area (Å²) in [7, 11) is 0. The predicted octanol–water partition coefficient (Wildman–Crippen LogP) is 1.79. The second-order valence-corrected chi connectivity index (χ2v) is 11.0. The molecule has 14 heteroatoms. The van der Waals surface area contributed by atoms with E-state index in [4.69, 9.17) is 15.3 Å². The standard InChI is InChI=1S/C24H30N10O3S/c1-15-17(12-19(35)36)26-24(38-15)32-9-7-31(8-10-32)13-16-4-2-6-33(14-16)22-28-21(25)34-23(29-22)27-20(30-34)18-5-3-11-37-18/h3,5,11,16H,2,4,6-10,12-14H2,1H3,(H,35,36)(H2,25,27,28,29,30)/t16-/m0/s1. The molecule has 2 fully saturated rings. The fraction of sp³-hybridized carbons (Fsp3) is 0.500. The van der Waals surface area contributed by atoms with Crippen molar-refractivity contribution < 1.29 is 14.3 Å². The fourth-order valence-electron chi connectivity index (χ4n) is 5.18. The summed E-state index contributed by atoms with van der Waals surface area (Å²) in [6.45, 7) is 8.37. The number of fused-ring (bicyclic) bond motifs is 1. The zero-order valence-electron chi connectivity index (χ0n) is 21.2. The van der Waals surface area contributed by atoms with Crippen molar-refractivity contribution in [2.24, 2.45) is 5.92 Å². The van der Waals surface area contributed by atoms with Gasteiger partial charge in [0.05, 0.1) is 18.4 Å². The van der Waals surface area contributed by atoms with Crippen LogP contribution in [0.15, 0.2) is 22.8 Å². The molecule has 200 valence electrons. The molecule has 0 bridgehead atoms. The van der Waals surface area contributed by atoms with E-state index in [0.29, 0.717) is 34.9 Å². The average Bonchev–Trinajstić information content (AvgIpc) is 3.65. The van der Waals surface area contributed by atoms with E-state index in [9.17, 15) is 4.79 Å². The molecule has 0 spiro atoms. The Morgan fingerprint density at radius 3 is 2.76 bits per heavy atom. The number of furan rings is 1. The number of nitrogens with zero attached hydrogens (tertiary/aromatic N) is 9. The van der Waals surface area contributed by atoms with E-state index in [1.807, 2.05) is 6.92 Å². The Kier molecular flexibility index (Phi) is 6.57. The van der Waals surface area contributed by atoms with E-state index >= 15 is 0 Å². The number of carboxylic acid groups (broad SMARTS) is 1. The van der Waals surface area contributed by atoms with Gasteiger partial charge in [-0.2, -0.15) is 19.5 Å². The first-order valence-electron chi connectivity index (χ1n) is 12.8. The van der Waals surface area contributed by atoms with Crippen molar-refractivity contribution >= 4 is 40.1 Å². The second-order valence-electron chi connectivity index (χ2n) is 9.82. The van der Waals surface area contributed by atoms with Crippen LogP contribution >= 0.6 is 11.3 Å². The molecular weight excluding hydrogens is 508 g/mol. The number of aromatic nitrogens is 6. The number of aryl methyl sites for hydroxylation is 1. The lowest BCUT2D eigenvalue weighted by atomic mass is 9.97. The van der Waals surface area contributed by atoms with E-state index < -0.39 is 5.97 Å². The van der Waals surface area contributed by atoms with Gasteiger partial charge in [-0.3, -0.25) is 9.69 Å². The number of piperidine rings is 1. The Labute approximate surface area is 222 Å². The third-order valence-electron chi connectivity index (χ3n) is 7.12. The van der Waals surface area contributed by atoms with Gasteiger partial charge in [0.2, 0.25) is 17.7 Å². The van der Waals surface area contributed by atoms with Crippen molar-refractivity contribution in [3.63, 3.8) is 0 Å².